The zero-order valence-electron chi connectivity index (χ0n) is 11.2. The Kier molecular flexibility index (Phi) is 3.31. The van der Waals surface area contributed by atoms with Gasteiger partial charge in [0.15, 0.2) is 11.7 Å². The number of aromatic nitrogens is 2. The van der Waals surface area contributed by atoms with Gasteiger partial charge in [0, 0.05) is 12.5 Å². The molecule has 2 atom stereocenters. The van der Waals surface area contributed by atoms with Gasteiger partial charge in [0.1, 0.15) is 5.82 Å². The predicted molar refractivity (Wildman–Crippen MR) is 71.7 cm³/mol. The van der Waals surface area contributed by atoms with E-state index < -0.39 is 29.9 Å². The number of carboxylic acid groups (broad SMARTS) is 1. The number of fused-ring (bicyclic) bond motifs is 1. The molecule has 22 heavy (non-hydrogen) atoms. The maximum Gasteiger partial charge on any atom is 0.410 e. The highest BCUT2D eigenvalue weighted by Gasteiger charge is 2.46. The molecular formula is C14H12F3N3O2. The second-order valence-corrected chi connectivity index (χ2v) is 5.07. The lowest BCUT2D eigenvalue weighted by molar-refractivity contribution is -0.173. The molecule has 1 aliphatic heterocycles. The SMILES string of the molecule is O=C(O)c1cc2n(n1)[C@H](C(F)(F)F)C[C@@H](c1ccccc1)N2. The Bertz CT molecular complexity index is 697. The van der Waals surface area contributed by atoms with Crippen LogP contribution in [-0.4, -0.2) is 27.0 Å². The zero-order valence-corrected chi connectivity index (χ0v) is 11.2. The molecular weight excluding hydrogens is 299 g/mol. The van der Waals surface area contributed by atoms with E-state index in [1.54, 1.807) is 30.3 Å². The molecule has 0 spiro atoms. The first kappa shape index (κ1) is 14.4. The number of carbonyl (C=O) groups is 1. The van der Waals surface area contributed by atoms with Crippen LogP contribution in [0, 0.1) is 0 Å². The molecule has 2 heterocycles. The molecule has 0 radical (unpaired) electrons. The van der Waals surface area contributed by atoms with E-state index in [1.807, 2.05) is 0 Å². The third-order valence-electron chi connectivity index (χ3n) is 3.61. The van der Waals surface area contributed by atoms with Crippen molar-refractivity contribution in [1.82, 2.24) is 9.78 Å². The summed E-state index contributed by atoms with van der Waals surface area (Å²) in [7, 11) is 0. The molecule has 0 aliphatic carbocycles. The minimum absolute atomic E-state index is 0.0554. The Morgan fingerprint density at radius 3 is 2.59 bits per heavy atom. The van der Waals surface area contributed by atoms with Gasteiger partial charge in [-0.15, -0.1) is 0 Å². The Morgan fingerprint density at radius 2 is 2.00 bits per heavy atom. The molecule has 0 bridgehead atoms. The summed E-state index contributed by atoms with van der Waals surface area (Å²) in [4.78, 5) is 10.9. The summed E-state index contributed by atoms with van der Waals surface area (Å²) in [6.07, 6.45) is -4.76. The van der Waals surface area contributed by atoms with Crippen molar-refractivity contribution in [2.24, 2.45) is 0 Å². The van der Waals surface area contributed by atoms with Gasteiger partial charge >= 0.3 is 12.1 Å². The van der Waals surface area contributed by atoms with Crippen LogP contribution >= 0.6 is 0 Å². The molecule has 2 aromatic rings. The van der Waals surface area contributed by atoms with Gasteiger partial charge in [-0.05, 0) is 5.56 Å². The minimum atomic E-state index is -4.51. The number of alkyl halides is 3. The lowest BCUT2D eigenvalue weighted by atomic mass is 9.97. The van der Waals surface area contributed by atoms with E-state index in [0.29, 0.717) is 10.2 Å². The number of aromatic carboxylic acids is 1. The Balaban J connectivity index is 2.03. The summed E-state index contributed by atoms with van der Waals surface area (Å²) in [6.45, 7) is 0. The van der Waals surface area contributed by atoms with Crippen LogP contribution < -0.4 is 5.32 Å². The van der Waals surface area contributed by atoms with Crippen molar-refractivity contribution in [1.29, 1.82) is 0 Å². The van der Waals surface area contributed by atoms with E-state index in [2.05, 4.69) is 10.4 Å². The molecule has 1 aliphatic rings. The van der Waals surface area contributed by atoms with Crippen molar-refractivity contribution in [3.05, 3.63) is 47.7 Å². The van der Waals surface area contributed by atoms with Gasteiger partial charge in [0.25, 0.3) is 0 Å². The fourth-order valence-electron chi connectivity index (χ4n) is 2.58. The van der Waals surface area contributed by atoms with Gasteiger partial charge in [-0.2, -0.15) is 18.3 Å². The summed E-state index contributed by atoms with van der Waals surface area (Å²) in [5, 5.41) is 15.4. The van der Waals surface area contributed by atoms with Crippen molar-refractivity contribution in [3.63, 3.8) is 0 Å². The van der Waals surface area contributed by atoms with E-state index in [0.717, 1.165) is 6.07 Å². The van der Waals surface area contributed by atoms with E-state index in [4.69, 9.17) is 5.11 Å². The number of halogens is 3. The molecule has 1 aromatic heterocycles. The molecule has 1 aromatic carbocycles. The molecule has 8 heteroatoms. The van der Waals surface area contributed by atoms with Crippen LogP contribution in [0.1, 0.15) is 34.6 Å². The van der Waals surface area contributed by atoms with E-state index >= 15 is 0 Å². The van der Waals surface area contributed by atoms with Gasteiger partial charge in [0.05, 0.1) is 6.04 Å². The van der Waals surface area contributed by atoms with Crippen LogP contribution in [0.3, 0.4) is 0 Å². The van der Waals surface area contributed by atoms with Crippen LogP contribution in [0.2, 0.25) is 0 Å². The van der Waals surface area contributed by atoms with Gasteiger partial charge in [-0.25, -0.2) is 9.48 Å². The standard InChI is InChI=1S/C14H12F3N3O2/c15-14(16,17)11-6-9(8-4-2-1-3-5-8)18-12-7-10(13(21)22)19-20(11)12/h1-5,7,9,11,18H,6H2,(H,21,22)/t9-,11-/m0/s1. The lowest BCUT2D eigenvalue weighted by Gasteiger charge is -2.33. The van der Waals surface area contributed by atoms with Crippen LogP contribution in [0.25, 0.3) is 0 Å². The highest BCUT2D eigenvalue weighted by atomic mass is 19.4. The number of nitrogens with zero attached hydrogens (tertiary/aromatic N) is 2. The average Bonchev–Trinajstić information content (AvgIpc) is 2.90. The number of carboxylic acids is 1. The van der Waals surface area contributed by atoms with Crippen LogP contribution in [0.5, 0.6) is 0 Å². The molecule has 116 valence electrons. The number of nitrogens with one attached hydrogen (secondary N) is 1. The van der Waals surface area contributed by atoms with Crippen LogP contribution in [0.4, 0.5) is 19.0 Å². The van der Waals surface area contributed by atoms with Crippen molar-refractivity contribution in [2.75, 3.05) is 5.32 Å². The summed E-state index contributed by atoms with van der Waals surface area (Å²) >= 11 is 0. The van der Waals surface area contributed by atoms with Gasteiger partial charge in [0.2, 0.25) is 0 Å². The summed E-state index contributed by atoms with van der Waals surface area (Å²) in [5.74, 6) is -1.30. The van der Waals surface area contributed by atoms with Crippen molar-refractivity contribution in [2.45, 2.75) is 24.7 Å². The van der Waals surface area contributed by atoms with Crippen molar-refractivity contribution < 1.29 is 23.1 Å². The van der Waals surface area contributed by atoms with Gasteiger partial charge < -0.3 is 10.4 Å². The number of benzene rings is 1. The molecule has 0 saturated carbocycles. The fraction of sp³-hybridized carbons (Fsp3) is 0.286. The second-order valence-electron chi connectivity index (χ2n) is 5.07. The van der Waals surface area contributed by atoms with Crippen LogP contribution in [-0.2, 0) is 0 Å². The van der Waals surface area contributed by atoms with Crippen molar-refractivity contribution in [3.8, 4) is 0 Å². The molecule has 0 amide bonds. The highest BCUT2D eigenvalue weighted by Crippen LogP contribution is 2.43. The molecule has 5 nitrogen and oxygen atoms in total. The largest absolute Gasteiger partial charge is 0.476 e. The molecule has 0 saturated heterocycles. The number of rotatable bonds is 2. The predicted octanol–water partition coefficient (Wildman–Crippen LogP) is 3.24. The fourth-order valence-corrected chi connectivity index (χ4v) is 2.58. The smallest absolute Gasteiger partial charge is 0.410 e. The third-order valence-corrected chi connectivity index (χ3v) is 3.61. The van der Waals surface area contributed by atoms with E-state index in [1.165, 1.54) is 0 Å². The highest BCUT2D eigenvalue weighted by molar-refractivity contribution is 5.86. The van der Waals surface area contributed by atoms with E-state index in [9.17, 15) is 18.0 Å². The number of anilines is 1. The first-order valence-electron chi connectivity index (χ1n) is 6.57. The Labute approximate surface area is 123 Å². The third kappa shape index (κ3) is 2.51. The Hall–Kier alpha value is -2.51. The quantitative estimate of drug-likeness (QED) is 0.893. The monoisotopic (exact) mass is 311 g/mol. The molecule has 3 rings (SSSR count). The first-order chi connectivity index (χ1) is 10.4. The van der Waals surface area contributed by atoms with E-state index in [-0.39, 0.29) is 12.2 Å². The normalized spacial score (nSPS) is 21.0. The zero-order chi connectivity index (χ0) is 15.9. The number of hydrogen-bond acceptors (Lipinski definition) is 3. The van der Waals surface area contributed by atoms with Crippen molar-refractivity contribution >= 4 is 11.8 Å². The first-order valence-corrected chi connectivity index (χ1v) is 6.57. The summed E-state index contributed by atoms with van der Waals surface area (Å²) in [6, 6.07) is 7.43. The molecule has 2 N–H and O–H groups in total. The minimum Gasteiger partial charge on any atom is -0.476 e. The number of hydrogen-bond donors (Lipinski definition) is 2. The lowest BCUT2D eigenvalue weighted by Crippen LogP contribution is -2.35. The summed E-state index contributed by atoms with van der Waals surface area (Å²) < 4.78 is 40.6. The van der Waals surface area contributed by atoms with Crippen LogP contribution in [0.15, 0.2) is 36.4 Å². The second kappa shape index (κ2) is 5.04. The summed E-state index contributed by atoms with van der Waals surface area (Å²) in [5.41, 5.74) is 0.298. The molecule has 0 unspecified atom stereocenters. The maximum atomic E-state index is 13.3. The Morgan fingerprint density at radius 1 is 1.32 bits per heavy atom. The maximum absolute atomic E-state index is 13.3. The molecule has 0 fully saturated rings. The van der Waals surface area contributed by atoms with Gasteiger partial charge in [-0.1, -0.05) is 30.3 Å². The van der Waals surface area contributed by atoms with Gasteiger partial charge in [-0.3, -0.25) is 0 Å². The average molecular weight is 311 g/mol. The topological polar surface area (TPSA) is 67.1 Å².